The van der Waals surface area contributed by atoms with Gasteiger partial charge in [0, 0.05) is 24.0 Å². The quantitative estimate of drug-likeness (QED) is 0.710. The molecule has 0 bridgehead atoms. The number of ether oxygens (including phenoxy) is 1. The number of amides is 3. The number of imide groups is 1. The van der Waals surface area contributed by atoms with Crippen LogP contribution >= 0.6 is 11.6 Å². The summed E-state index contributed by atoms with van der Waals surface area (Å²) in [6.45, 7) is 1.46. The number of anilines is 1. The van der Waals surface area contributed by atoms with E-state index in [-0.39, 0.29) is 0 Å². The number of carbonyl (C=O) groups excluding carboxylic acids is 3. The number of benzene rings is 1. The number of nitrogens with zero attached hydrogens (tertiary/aromatic N) is 5. The predicted molar refractivity (Wildman–Crippen MR) is 101 cm³/mol. The summed E-state index contributed by atoms with van der Waals surface area (Å²) < 4.78 is 4.61. The maximum absolute atomic E-state index is 13.0. The maximum atomic E-state index is 13.0. The molecule has 3 aliphatic rings. The highest BCUT2D eigenvalue weighted by atomic mass is 35.5. The van der Waals surface area contributed by atoms with E-state index < -0.39 is 36.7 Å². The minimum atomic E-state index is -0.749. The molecule has 2 atom stereocenters. The molecule has 10 heteroatoms. The monoisotopic (exact) mass is 403 g/mol. The van der Waals surface area contributed by atoms with Crippen LogP contribution in [-0.4, -0.2) is 71.5 Å². The first kappa shape index (κ1) is 18.3. The van der Waals surface area contributed by atoms with Crippen LogP contribution in [0.5, 0.6) is 0 Å². The van der Waals surface area contributed by atoms with Gasteiger partial charge in [-0.25, -0.2) is 9.79 Å². The summed E-state index contributed by atoms with van der Waals surface area (Å²) in [5.41, 5.74) is 1.65. The van der Waals surface area contributed by atoms with E-state index in [1.54, 1.807) is 24.1 Å². The summed E-state index contributed by atoms with van der Waals surface area (Å²) >= 11 is 6.13. The fourth-order valence-electron chi connectivity index (χ4n) is 3.63. The summed E-state index contributed by atoms with van der Waals surface area (Å²) in [6.07, 6.45) is 1.12. The van der Waals surface area contributed by atoms with E-state index in [1.165, 1.54) is 12.0 Å². The van der Waals surface area contributed by atoms with Crippen molar-refractivity contribution >= 4 is 41.2 Å². The SMILES string of the molecule is COC(=O)CN1C(=O)C2C(N=C3N(c4cccc(Cl)c4)C(C)=CN32)N(C)C1=O. The lowest BCUT2D eigenvalue weighted by Gasteiger charge is -2.39. The highest BCUT2D eigenvalue weighted by Gasteiger charge is 2.54. The minimum Gasteiger partial charge on any atom is -0.468 e. The molecule has 146 valence electrons. The van der Waals surface area contributed by atoms with Crippen molar-refractivity contribution in [2.75, 3.05) is 25.6 Å². The lowest BCUT2D eigenvalue weighted by molar-refractivity contribution is -0.148. The third kappa shape index (κ3) is 2.62. The standard InChI is InChI=1S/C18H18ClN5O4/c1-10-8-22-14-15(20-17(22)24(10)12-6-4-5-11(19)7-12)21(2)18(27)23(16(14)26)9-13(25)28-3/h4-8,14-15H,9H2,1-3H3. The minimum absolute atomic E-state index is 0.439. The molecule has 1 saturated heterocycles. The van der Waals surface area contributed by atoms with Crippen LogP contribution in [0.2, 0.25) is 5.02 Å². The molecule has 3 aliphatic heterocycles. The van der Waals surface area contributed by atoms with Gasteiger partial charge in [-0.1, -0.05) is 17.7 Å². The van der Waals surface area contributed by atoms with Crippen LogP contribution in [-0.2, 0) is 14.3 Å². The highest BCUT2D eigenvalue weighted by molar-refractivity contribution is 6.31. The van der Waals surface area contributed by atoms with Crippen molar-refractivity contribution < 1.29 is 19.1 Å². The average molecular weight is 404 g/mol. The third-order valence-corrected chi connectivity index (χ3v) is 5.20. The van der Waals surface area contributed by atoms with E-state index in [0.717, 1.165) is 16.3 Å². The zero-order chi connectivity index (χ0) is 20.2. The van der Waals surface area contributed by atoms with E-state index in [9.17, 15) is 14.4 Å². The number of likely N-dealkylation sites (N-methyl/N-ethyl adjacent to an activating group) is 1. The average Bonchev–Trinajstić information content (AvgIpc) is 3.17. The van der Waals surface area contributed by atoms with Crippen molar-refractivity contribution in [2.45, 2.75) is 19.1 Å². The second-order valence-corrected chi connectivity index (χ2v) is 7.11. The fourth-order valence-corrected chi connectivity index (χ4v) is 3.81. The normalized spacial score (nSPS) is 23.6. The molecule has 3 amide bonds. The topological polar surface area (TPSA) is 85.8 Å². The molecule has 1 fully saturated rings. The Morgan fingerprint density at radius 3 is 2.75 bits per heavy atom. The Labute approximate surface area is 166 Å². The second kappa shape index (κ2) is 6.52. The van der Waals surface area contributed by atoms with Gasteiger partial charge in [0.2, 0.25) is 5.96 Å². The number of hydrogen-bond acceptors (Lipinski definition) is 7. The summed E-state index contributed by atoms with van der Waals surface area (Å²) in [5.74, 6) is -0.627. The molecule has 1 aromatic rings. The smallest absolute Gasteiger partial charge is 0.328 e. The van der Waals surface area contributed by atoms with Gasteiger partial charge in [0.05, 0.1) is 12.8 Å². The van der Waals surface area contributed by atoms with Crippen molar-refractivity contribution in [2.24, 2.45) is 4.99 Å². The molecule has 2 unspecified atom stereocenters. The van der Waals surface area contributed by atoms with Gasteiger partial charge in [-0.2, -0.15) is 0 Å². The van der Waals surface area contributed by atoms with Crippen LogP contribution in [0.4, 0.5) is 10.5 Å². The lowest BCUT2D eigenvalue weighted by Crippen LogP contribution is -2.65. The number of urea groups is 1. The van der Waals surface area contributed by atoms with Crippen molar-refractivity contribution in [3.8, 4) is 0 Å². The molecule has 4 rings (SSSR count). The molecular weight excluding hydrogens is 386 g/mol. The number of hydrogen-bond donors (Lipinski definition) is 0. The molecule has 0 aromatic heterocycles. The Bertz CT molecular complexity index is 946. The van der Waals surface area contributed by atoms with E-state index in [0.29, 0.717) is 11.0 Å². The van der Waals surface area contributed by atoms with Gasteiger partial charge in [-0.15, -0.1) is 0 Å². The number of fused-ring (bicyclic) bond motifs is 3. The van der Waals surface area contributed by atoms with Crippen molar-refractivity contribution in [1.29, 1.82) is 0 Å². The van der Waals surface area contributed by atoms with Crippen LogP contribution in [0.25, 0.3) is 0 Å². The van der Waals surface area contributed by atoms with Crippen molar-refractivity contribution in [3.63, 3.8) is 0 Å². The zero-order valence-electron chi connectivity index (χ0n) is 15.5. The van der Waals surface area contributed by atoms with E-state index in [1.807, 2.05) is 30.2 Å². The molecule has 28 heavy (non-hydrogen) atoms. The number of aliphatic imine (C=N–C) groups is 1. The van der Waals surface area contributed by atoms with Gasteiger partial charge in [0.15, 0.2) is 12.2 Å². The largest absolute Gasteiger partial charge is 0.468 e. The number of halogens is 1. The van der Waals surface area contributed by atoms with Gasteiger partial charge in [0.25, 0.3) is 5.91 Å². The number of esters is 1. The van der Waals surface area contributed by atoms with Gasteiger partial charge >= 0.3 is 12.0 Å². The Morgan fingerprint density at radius 1 is 1.32 bits per heavy atom. The van der Waals surface area contributed by atoms with Crippen molar-refractivity contribution in [1.82, 2.24) is 14.7 Å². The van der Waals surface area contributed by atoms with Crippen LogP contribution in [0, 0.1) is 0 Å². The Kier molecular flexibility index (Phi) is 4.26. The van der Waals surface area contributed by atoms with Crippen LogP contribution in [0.1, 0.15) is 6.92 Å². The summed E-state index contributed by atoms with van der Waals surface area (Å²) in [7, 11) is 2.77. The molecule has 1 aromatic carbocycles. The fraction of sp³-hybridized carbons (Fsp3) is 0.333. The maximum Gasteiger partial charge on any atom is 0.328 e. The number of methoxy groups -OCH3 is 1. The number of guanidine groups is 1. The third-order valence-electron chi connectivity index (χ3n) is 4.97. The molecule has 3 heterocycles. The number of carbonyl (C=O) groups is 3. The highest BCUT2D eigenvalue weighted by Crippen LogP contribution is 2.36. The Morgan fingerprint density at radius 2 is 2.07 bits per heavy atom. The first-order valence-corrected chi connectivity index (χ1v) is 8.96. The molecule has 0 saturated carbocycles. The first-order valence-electron chi connectivity index (χ1n) is 8.58. The molecule has 0 spiro atoms. The van der Waals surface area contributed by atoms with E-state index >= 15 is 0 Å². The summed E-state index contributed by atoms with van der Waals surface area (Å²) in [4.78, 5) is 47.8. The molecule has 0 radical (unpaired) electrons. The molecule has 0 aliphatic carbocycles. The van der Waals surface area contributed by atoms with E-state index in [4.69, 9.17) is 11.6 Å². The molecular formula is C18H18ClN5O4. The Balaban J connectivity index is 1.70. The van der Waals surface area contributed by atoms with Crippen LogP contribution in [0.3, 0.4) is 0 Å². The van der Waals surface area contributed by atoms with Crippen LogP contribution < -0.4 is 4.90 Å². The van der Waals surface area contributed by atoms with E-state index in [2.05, 4.69) is 9.73 Å². The van der Waals surface area contributed by atoms with Gasteiger partial charge in [-0.05, 0) is 25.1 Å². The summed E-state index contributed by atoms with van der Waals surface area (Å²) in [6, 6.07) is 5.95. The Hall–Kier alpha value is -3.07. The predicted octanol–water partition coefficient (Wildman–Crippen LogP) is 1.45. The molecule has 9 nitrogen and oxygen atoms in total. The van der Waals surface area contributed by atoms with Crippen molar-refractivity contribution in [3.05, 3.63) is 41.2 Å². The van der Waals surface area contributed by atoms with Gasteiger partial charge in [0.1, 0.15) is 6.54 Å². The lowest BCUT2D eigenvalue weighted by atomic mass is 10.1. The second-order valence-electron chi connectivity index (χ2n) is 6.67. The molecule has 0 N–H and O–H groups in total. The first-order chi connectivity index (χ1) is 13.3. The number of allylic oxidation sites excluding steroid dienone is 1. The van der Waals surface area contributed by atoms with Gasteiger partial charge in [-0.3, -0.25) is 19.4 Å². The zero-order valence-corrected chi connectivity index (χ0v) is 16.3. The summed E-state index contributed by atoms with van der Waals surface area (Å²) in [5, 5.41) is 0.576. The van der Waals surface area contributed by atoms with Gasteiger partial charge < -0.3 is 14.5 Å². The number of rotatable bonds is 3. The van der Waals surface area contributed by atoms with Crippen LogP contribution in [0.15, 0.2) is 41.2 Å².